The van der Waals surface area contributed by atoms with Crippen molar-refractivity contribution >= 4 is 5.91 Å². The van der Waals surface area contributed by atoms with E-state index in [0.717, 1.165) is 0 Å². The quantitative estimate of drug-likeness (QED) is 0.853. The number of halogens is 1. The van der Waals surface area contributed by atoms with Gasteiger partial charge in [0.1, 0.15) is 0 Å². The number of nitrogens with one attached hydrogen (secondary N) is 1. The van der Waals surface area contributed by atoms with Crippen LogP contribution in [-0.4, -0.2) is 24.6 Å². The Balaban J connectivity index is 2.69. The van der Waals surface area contributed by atoms with Crippen LogP contribution in [0.2, 0.25) is 0 Å². The van der Waals surface area contributed by atoms with Gasteiger partial charge in [-0.25, -0.2) is 4.39 Å². The van der Waals surface area contributed by atoms with E-state index >= 15 is 0 Å². The lowest BCUT2D eigenvalue weighted by molar-refractivity contribution is -0.124. The Hall–Kier alpha value is -1.62. The number of benzene rings is 1. The molecule has 0 bridgehead atoms. The van der Waals surface area contributed by atoms with E-state index in [-0.39, 0.29) is 23.8 Å². The van der Waals surface area contributed by atoms with Crippen molar-refractivity contribution in [1.82, 2.24) is 5.32 Å². The van der Waals surface area contributed by atoms with E-state index in [1.807, 2.05) is 20.8 Å². The molecule has 0 aromatic heterocycles. The smallest absolute Gasteiger partial charge is 0.258 e. The minimum Gasteiger partial charge on any atom is -0.480 e. The van der Waals surface area contributed by atoms with Gasteiger partial charge in [0.2, 0.25) is 0 Å². The van der Waals surface area contributed by atoms with Gasteiger partial charge in [0, 0.05) is 5.54 Å². The third-order valence-electron chi connectivity index (χ3n) is 2.32. The summed E-state index contributed by atoms with van der Waals surface area (Å²) < 4.78 is 18.9. The third-order valence-corrected chi connectivity index (χ3v) is 2.32. The average molecular weight is 268 g/mol. The molecule has 1 amide bonds. The zero-order valence-electron chi connectivity index (χ0n) is 11.6. The number of hydrogen-bond acceptors (Lipinski definition) is 3. The van der Waals surface area contributed by atoms with E-state index in [2.05, 4.69) is 5.32 Å². The zero-order chi connectivity index (χ0) is 14.5. The highest BCUT2D eigenvalue weighted by atomic mass is 19.1. The van der Waals surface area contributed by atoms with E-state index in [1.165, 1.54) is 6.07 Å². The van der Waals surface area contributed by atoms with Crippen molar-refractivity contribution in [3.63, 3.8) is 0 Å². The lowest BCUT2D eigenvalue weighted by atomic mass is 10.1. The van der Waals surface area contributed by atoms with Crippen molar-refractivity contribution in [2.75, 3.05) is 13.2 Å². The fourth-order valence-corrected chi connectivity index (χ4v) is 1.66. The number of nitrogens with two attached hydrogens (primary N) is 1. The second-order valence-electron chi connectivity index (χ2n) is 5.35. The van der Waals surface area contributed by atoms with Gasteiger partial charge in [-0.3, -0.25) is 4.79 Å². The first-order valence-electron chi connectivity index (χ1n) is 6.25. The summed E-state index contributed by atoms with van der Waals surface area (Å²) in [4.78, 5) is 11.6. The minimum atomic E-state index is -0.477. The summed E-state index contributed by atoms with van der Waals surface area (Å²) in [6.07, 6.45) is 0.508. The normalized spacial score (nSPS) is 11.2. The van der Waals surface area contributed by atoms with Gasteiger partial charge in [-0.2, -0.15) is 0 Å². The predicted molar refractivity (Wildman–Crippen MR) is 72.5 cm³/mol. The zero-order valence-corrected chi connectivity index (χ0v) is 11.6. The molecule has 5 heteroatoms. The fraction of sp³-hybridized carbons (Fsp3) is 0.500. The maximum absolute atomic E-state index is 13.7. The first-order valence-corrected chi connectivity index (χ1v) is 6.25. The minimum absolute atomic E-state index is 0.108. The van der Waals surface area contributed by atoms with Crippen LogP contribution in [0.3, 0.4) is 0 Å². The summed E-state index contributed by atoms with van der Waals surface area (Å²) in [6.45, 7) is 5.79. The van der Waals surface area contributed by atoms with Gasteiger partial charge in [0.05, 0.1) is 0 Å². The molecule has 0 radical (unpaired) electrons. The molecule has 0 aliphatic carbocycles. The van der Waals surface area contributed by atoms with Crippen molar-refractivity contribution in [2.45, 2.75) is 32.7 Å². The van der Waals surface area contributed by atoms with Crippen molar-refractivity contribution < 1.29 is 13.9 Å². The summed E-state index contributed by atoms with van der Waals surface area (Å²) in [7, 11) is 0. The molecule has 4 nitrogen and oxygen atoms in total. The third kappa shape index (κ3) is 5.26. The van der Waals surface area contributed by atoms with E-state index in [0.29, 0.717) is 18.5 Å². The molecule has 0 unspecified atom stereocenters. The van der Waals surface area contributed by atoms with Gasteiger partial charge < -0.3 is 15.8 Å². The van der Waals surface area contributed by atoms with Crippen molar-refractivity contribution in [2.24, 2.45) is 5.73 Å². The lowest BCUT2D eigenvalue weighted by Gasteiger charge is -2.21. The van der Waals surface area contributed by atoms with Crippen LogP contribution in [0.1, 0.15) is 26.3 Å². The van der Waals surface area contributed by atoms with Crippen LogP contribution >= 0.6 is 0 Å². The summed E-state index contributed by atoms with van der Waals surface area (Å²) in [6, 6.07) is 4.65. The molecule has 1 aromatic carbocycles. The predicted octanol–water partition coefficient (Wildman–Crippen LogP) is 1.62. The van der Waals surface area contributed by atoms with E-state index in [9.17, 15) is 9.18 Å². The topological polar surface area (TPSA) is 64.3 Å². The molecule has 0 spiro atoms. The first kappa shape index (κ1) is 15.4. The van der Waals surface area contributed by atoms with Crippen molar-refractivity contribution in [3.8, 4) is 5.75 Å². The Morgan fingerprint density at radius 1 is 1.42 bits per heavy atom. The molecular weight excluding hydrogens is 247 g/mol. The van der Waals surface area contributed by atoms with Gasteiger partial charge in [-0.1, -0.05) is 12.1 Å². The summed E-state index contributed by atoms with van der Waals surface area (Å²) in [5.41, 5.74) is 5.80. The molecule has 0 atom stereocenters. The molecule has 19 heavy (non-hydrogen) atoms. The second kappa shape index (κ2) is 6.52. The van der Waals surface area contributed by atoms with Crippen molar-refractivity contribution in [1.29, 1.82) is 0 Å². The lowest BCUT2D eigenvalue weighted by Crippen LogP contribution is -2.43. The molecule has 106 valence electrons. The highest BCUT2D eigenvalue weighted by Gasteiger charge is 2.16. The number of carbonyl (C=O) groups excluding carboxylic acids is 1. The van der Waals surface area contributed by atoms with Crippen LogP contribution in [0.4, 0.5) is 4.39 Å². The van der Waals surface area contributed by atoms with Crippen LogP contribution in [0.25, 0.3) is 0 Å². The van der Waals surface area contributed by atoms with Crippen LogP contribution < -0.4 is 15.8 Å². The maximum Gasteiger partial charge on any atom is 0.258 e. The Labute approximate surface area is 113 Å². The molecule has 1 rings (SSSR count). The summed E-state index contributed by atoms with van der Waals surface area (Å²) >= 11 is 0. The van der Waals surface area contributed by atoms with Crippen LogP contribution in [0.15, 0.2) is 18.2 Å². The highest BCUT2D eigenvalue weighted by Crippen LogP contribution is 2.22. The second-order valence-corrected chi connectivity index (χ2v) is 5.35. The highest BCUT2D eigenvalue weighted by molar-refractivity contribution is 5.78. The van der Waals surface area contributed by atoms with Crippen LogP contribution in [0.5, 0.6) is 5.75 Å². The van der Waals surface area contributed by atoms with E-state index in [4.69, 9.17) is 10.5 Å². The Kier molecular flexibility index (Phi) is 5.30. The van der Waals surface area contributed by atoms with Gasteiger partial charge in [-0.15, -0.1) is 0 Å². The molecule has 0 fully saturated rings. The van der Waals surface area contributed by atoms with E-state index in [1.54, 1.807) is 12.1 Å². The fourth-order valence-electron chi connectivity index (χ4n) is 1.66. The number of hydrogen-bond donors (Lipinski definition) is 2. The van der Waals surface area contributed by atoms with Crippen LogP contribution in [0, 0.1) is 5.82 Å². The number of amides is 1. The number of carbonyl (C=O) groups is 1. The number of ether oxygens (including phenoxy) is 1. The van der Waals surface area contributed by atoms with Gasteiger partial charge in [0.25, 0.3) is 5.91 Å². The van der Waals surface area contributed by atoms with Crippen molar-refractivity contribution in [3.05, 3.63) is 29.6 Å². The first-order chi connectivity index (χ1) is 8.83. The van der Waals surface area contributed by atoms with Gasteiger partial charge in [0.15, 0.2) is 18.2 Å². The van der Waals surface area contributed by atoms with Gasteiger partial charge in [-0.05, 0) is 45.4 Å². The molecule has 3 N–H and O–H groups in total. The molecule has 0 saturated carbocycles. The summed E-state index contributed by atoms with van der Waals surface area (Å²) in [5, 5.41) is 2.75. The Morgan fingerprint density at radius 2 is 2.11 bits per heavy atom. The molecule has 1 aromatic rings. The maximum atomic E-state index is 13.7. The Bertz CT molecular complexity index is 442. The van der Waals surface area contributed by atoms with Gasteiger partial charge >= 0.3 is 0 Å². The monoisotopic (exact) mass is 268 g/mol. The van der Waals surface area contributed by atoms with Crippen LogP contribution in [-0.2, 0) is 11.2 Å². The SMILES string of the molecule is CC(C)(C)NC(=O)COc1c(F)cccc1CCN. The molecule has 0 saturated heterocycles. The summed E-state index contributed by atoms with van der Waals surface area (Å²) in [5.74, 6) is -0.652. The molecule has 0 aliphatic rings. The standard InChI is InChI=1S/C14H21FN2O2/c1-14(2,3)17-12(18)9-19-13-10(7-8-16)5-4-6-11(13)15/h4-6H,7-9,16H2,1-3H3,(H,17,18). The van der Waals surface area contributed by atoms with E-state index < -0.39 is 5.82 Å². The Morgan fingerprint density at radius 3 is 2.68 bits per heavy atom. The molecule has 0 heterocycles. The number of para-hydroxylation sites is 1. The number of rotatable bonds is 5. The average Bonchev–Trinajstić information content (AvgIpc) is 2.26. The molecular formula is C14H21FN2O2. The largest absolute Gasteiger partial charge is 0.480 e. The molecule has 0 aliphatic heterocycles.